The molecule has 0 aliphatic carbocycles. The highest BCUT2D eigenvalue weighted by Crippen LogP contribution is 2.13. The van der Waals surface area contributed by atoms with Gasteiger partial charge >= 0.3 is 5.97 Å². The molecular formula is C42H84O10. The Bertz CT molecular complexity index is 654. The second kappa shape index (κ2) is 48.2. The minimum absolute atomic E-state index is 0.133. The van der Waals surface area contributed by atoms with Crippen LogP contribution >= 0.6 is 0 Å². The van der Waals surface area contributed by atoms with E-state index in [-0.39, 0.29) is 5.97 Å². The highest BCUT2D eigenvalue weighted by molar-refractivity contribution is 5.69. The van der Waals surface area contributed by atoms with Crippen LogP contribution in [0.2, 0.25) is 0 Å². The molecule has 0 fully saturated rings. The molecule has 0 aromatic carbocycles. The molecule has 0 spiro atoms. The maximum atomic E-state index is 11.7. The lowest BCUT2D eigenvalue weighted by atomic mass is 10.0. The number of hydrogen-bond donors (Lipinski definition) is 0. The number of rotatable bonds is 47. The molecule has 10 heteroatoms. The third kappa shape index (κ3) is 47.2. The number of esters is 1. The maximum absolute atomic E-state index is 11.7. The van der Waals surface area contributed by atoms with Gasteiger partial charge < -0.3 is 42.6 Å². The standard InChI is InChI=1S/C42H84O10/c1-3-5-7-9-11-12-13-14-15-16-17-19-21-23-25-44-26-27-45-28-29-46-30-31-47-32-33-48-34-35-49-36-37-50-38-39-51-40-41-52-42(43)24-22-20-18-10-8-6-4-2/h3-41H2,1-2H3. The zero-order chi connectivity index (χ0) is 37.5. The van der Waals surface area contributed by atoms with E-state index in [9.17, 15) is 4.79 Å². The molecule has 52 heavy (non-hydrogen) atoms. The van der Waals surface area contributed by atoms with Gasteiger partial charge in [-0.3, -0.25) is 4.79 Å². The van der Waals surface area contributed by atoms with Crippen molar-refractivity contribution in [2.75, 3.05) is 112 Å². The average molecular weight is 749 g/mol. The molecule has 0 atom stereocenters. The first-order valence-electron chi connectivity index (χ1n) is 21.6. The molecule has 10 nitrogen and oxygen atoms in total. The molecule has 0 aromatic heterocycles. The zero-order valence-corrected chi connectivity index (χ0v) is 34.2. The Morgan fingerprint density at radius 3 is 0.808 bits per heavy atom. The van der Waals surface area contributed by atoms with E-state index in [0.717, 1.165) is 25.9 Å². The molecule has 0 bridgehead atoms. The predicted molar refractivity (Wildman–Crippen MR) is 210 cm³/mol. The van der Waals surface area contributed by atoms with Crippen LogP contribution in [-0.4, -0.2) is 118 Å². The van der Waals surface area contributed by atoms with Gasteiger partial charge in [-0.15, -0.1) is 0 Å². The fourth-order valence-corrected chi connectivity index (χ4v) is 5.55. The highest BCUT2D eigenvalue weighted by Gasteiger charge is 2.03. The number of carbonyl (C=O) groups excluding carboxylic acids is 1. The first-order chi connectivity index (χ1) is 25.8. The van der Waals surface area contributed by atoms with Crippen molar-refractivity contribution in [3.8, 4) is 0 Å². The van der Waals surface area contributed by atoms with Crippen molar-refractivity contribution in [1.29, 1.82) is 0 Å². The third-order valence-corrected chi connectivity index (χ3v) is 8.72. The third-order valence-electron chi connectivity index (χ3n) is 8.72. The summed E-state index contributed by atoms with van der Waals surface area (Å²) in [5.74, 6) is -0.133. The van der Waals surface area contributed by atoms with Crippen LogP contribution in [0.15, 0.2) is 0 Å². The minimum atomic E-state index is -0.133. The molecule has 0 rings (SSSR count). The smallest absolute Gasteiger partial charge is 0.305 e. The fourth-order valence-electron chi connectivity index (χ4n) is 5.55. The van der Waals surface area contributed by atoms with Crippen LogP contribution < -0.4 is 0 Å². The molecule has 312 valence electrons. The molecule has 0 amide bonds. The second-order valence-corrected chi connectivity index (χ2v) is 13.6. The molecule has 0 aliphatic heterocycles. The van der Waals surface area contributed by atoms with Crippen LogP contribution in [0, 0.1) is 0 Å². The van der Waals surface area contributed by atoms with Gasteiger partial charge in [0.15, 0.2) is 0 Å². The normalized spacial score (nSPS) is 11.5. The van der Waals surface area contributed by atoms with Gasteiger partial charge in [-0.05, 0) is 12.8 Å². The van der Waals surface area contributed by atoms with Crippen molar-refractivity contribution in [2.24, 2.45) is 0 Å². The monoisotopic (exact) mass is 749 g/mol. The van der Waals surface area contributed by atoms with Gasteiger partial charge in [-0.25, -0.2) is 0 Å². The van der Waals surface area contributed by atoms with E-state index in [0.29, 0.717) is 112 Å². The summed E-state index contributed by atoms with van der Waals surface area (Å²) in [4.78, 5) is 11.7. The Balaban J connectivity index is 3.09. The van der Waals surface area contributed by atoms with E-state index in [1.54, 1.807) is 0 Å². The SMILES string of the molecule is CCCCCCCCCCCCCCCCOCCOCCOCCOCCOCCOCCOCCOCCOC(=O)CCCCCCCCC. The summed E-state index contributed by atoms with van der Waals surface area (Å²) >= 11 is 0. The average Bonchev–Trinajstić information content (AvgIpc) is 3.15. The van der Waals surface area contributed by atoms with Crippen LogP contribution in [0.25, 0.3) is 0 Å². The van der Waals surface area contributed by atoms with Gasteiger partial charge in [0.25, 0.3) is 0 Å². The Hall–Kier alpha value is -0.850. The summed E-state index contributed by atoms with van der Waals surface area (Å²) in [7, 11) is 0. The van der Waals surface area contributed by atoms with E-state index in [1.165, 1.54) is 116 Å². The van der Waals surface area contributed by atoms with Crippen LogP contribution in [0.5, 0.6) is 0 Å². The molecule has 0 unspecified atom stereocenters. The Labute approximate surface area is 320 Å². The van der Waals surface area contributed by atoms with Gasteiger partial charge in [0.2, 0.25) is 0 Å². The van der Waals surface area contributed by atoms with E-state index >= 15 is 0 Å². The van der Waals surface area contributed by atoms with Gasteiger partial charge in [0.1, 0.15) is 6.61 Å². The summed E-state index contributed by atoms with van der Waals surface area (Å²) in [5, 5.41) is 0. The van der Waals surface area contributed by atoms with Gasteiger partial charge in [0.05, 0.1) is 99.1 Å². The molecular weight excluding hydrogens is 664 g/mol. The summed E-state index contributed by atoms with van der Waals surface area (Å²) in [5.41, 5.74) is 0. The molecule has 0 aromatic rings. The van der Waals surface area contributed by atoms with Gasteiger partial charge in [-0.1, -0.05) is 136 Å². The number of carbonyl (C=O) groups is 1. The van der Waals surface area contributed by atoms with Gasteiger partial charge in [0, 0.05) is 13.0 Å². The molecule has 0 radical (unpaired) electrons. The summed E-state index contributed by atoms with van der Waals surface area (Å²) in [6.45, 7) is 13.5. The molecule has 0 aliphatic rings. The number of hydrogen-bond acceptors (Lipinski definition) is 10. The molecule has 0 heterocycles. The van der Waals surface area contributed by atoms with Crippen LogP contribution in [-0.2, 0) is 47.4 Å². The van der Waals surface area contributed by atoms with Crippen LogP contribution in [0.4, 0.5) is 0 Å². The number of unbranched alkanes of at least 4 members (excludes halogenated alkanes) is 19. The van der Waals surface area contributed by atoms with E-state index < -0.39 is 0 Å². The minimum Gasteiger partial charge on any atom is -0.463 e. The Morgan fingerprint density at radius 2 is 0.500 bits per heavy atom. The van der Waals surface area contributed by atoms with E-state index in [1.807, 2.05) is 0 Å². The lowest BCUT2D eigenvalue weighted by Crippen LogP contribution is -2.15. The van der Waals surface area contributed by atoms with Crippen LogP contribution in [0.3, 0.4) is 0 Å². The van der Waals surface area contributed by atoms with Crippen molar-refractivity contribution in [1.82, 2.24) is 0 Å². The number of ether oxygens (including phenoxy) is 9. The van der Waals surface area contributed by atoms with Crippen molar-refractivity contribution in [3.05, 3.63) is 0 Å². The lowest BCUT2D eigenvalue weighted by molar-refractivity contribution is -0.145. The van der Waals surface area contributed by atoms with E-state index in [2.05, 4.69) is 13.8 Å². The second-order valence-electron chi connectivity index (χ2n) is 13.6. The molecule has 0 saturated heterocycles. The Morgan fingerprint density at radius 1 is 0.269 bits per heavy atom. The molecule has 0 N–H and O–H groups in total. The van der Waals surface area contributed by atoms with Crippen molar-refractivity contribution in [2.45, 2.75) is 155 Å². The largest absolute Gasteiger partial charge is 0.463 e. The Kier molecular flexibility index (Phi) is 47.4. The fraction of sp³-hybridized carbons (Fsp3) is 0.976. The first-order valence-corrected chi connectivity index (χ1v) is 21.6. The zero-order valence-electron chi connectivity index (χ0n) is 34.2. The van der Waals surface area contributed by atoms with E-state index in [4.69, 9.17) is 42.6 Å². The first kappa shape index (κ1) is 51.1. The van der Waals surface area contributed by atoms with Gasteiger partial charge in [-0.2, -0.15) is 0 Å². The van der Waals surface area contributed by atoms with Crippen molar-refractivity contribution >= 4 is 5.97 Å². The quantitative estimate of drug-likeness (QED) is 0.0442. The summed E-state index contributed by atoms with van der Waals surface area (Å²) in [6.07, 6.45) is 28.1. The predicted octanol–water partition coefficient (Wildman–Crippen LogP) is 9.28. The molecule has 0 saturated carbocycles. The van der Waals surface area contributed by atoms with Crippen LogP contribution in [0.1, 0.15) is 155 Å². The topological polar surface area (TPSA) is 100 Å². The van der Waals surface area contributed by atoms with Crippen molar-refractivity contribution in [3.63, 3.8) is 0 Å². The van der Waals surface area contributed by atoms with Crippen molar-refractivity contribution < 1.29 is 47.4 Å². The lowest BCUT2D eigenvalue weighted by Gasteiger charge is -2.09. The maximum Gasteiger partial charge on any atom is 0.305 e. The summed E-state index contributed by atoms with van der Waals surface area (Å²) in [6, 6.07) is 0. The summed E-state index contributed by atoms with van der Waals surface area (Å²) < 4.78 is 49.5. The highest BCUT2D eigenvalue weighted by atomic mass is 16.6.